The summed E-state index contributed by atoms with van der Waals surface area (Å²) in [6.45, 7) is 1.94. The summed E-state index contributed by atoms with van der Waals surface area (Å²) >= 11 is 0. The highest BCUT2D eigenvalue weighted by atomic mass is 16.1. The maximum absolute atomic E-state index is 11.4. The van der Waals surface area contributed by atoms with Crippen LogP contribution in [0.5, 0.6) is 0 Å². The summed E-state index contributed by atoms with van der Waals surface area (Å²) in [7, 11) is 0. The molecular weight excluding hydrogens is 164 g/mol. The lowest BCUT2D eigenvalue weighted by Gasteiger charge is -2.03. The van der Waals surface area contributed by atoms with E-state index in [-0.39, 0.29) is 5.56 Å². The number of nitrogen functional groups attached to an aromatic ring is 1. The van der Waals surface area contributed by atoms with Crippen molar-refractivity contribution >= 4 is 11.2 Å². The summed E-state index contributed by atoms with van der Waals surface area (Å²) in [6.07, 6.45) is 1.79. The second kappa shape index (κ2) is 2.62. The lowest BCUT2D eigenvalue weighted by Crippen LogP contribution is -2.13. The van der Waals surface area contributed by atoms with Crippen molar-refractivity contribution < 1.29 is 0 Å². The molecule has 2 N–H and O–H groups in total. The molecule has 0 unspecified atom stereocenters. The minimum Gasteiger partial charge on any atom is -0.397 e. The Hall–Kier alpha value is -1.77. The van der Waals surface area contributed by atoms with Gasteiger partial charge in [0, 0.05) is 12.3 Å². The van der Waals surface area contributed by atoms with Crippen molar-refractivity contribution in [3.63, 3.8) is 0 Å². The second-order valence-corrected chi connectivity index (χ2v) is 3.09. The predicted molar refractivity (Wildman–Crippen MR) is 52.8 cm³/mol. The van der Waals surface area contributed by atoms with Gasteiger partial charge in [-0.3, -0.25) is 9.20 Å². The first kappa shape index (κ1) is 7.86. The Bertz CT molecular complexity index is 514. The third kappa shape index (κ3) is 1.18. The monoisotopic (exact) mass is 174 g/mol. The molecule has 66 valence electrons. The van der Waals surface area contributed by atoms with Crippen LogP contribution in [0.15, 0.2) is 35.3 Å². The van der Waals surface area contributed by atoms with Crippen LogP contribution in [0.25, 0.3) is 5.52 Å². The molecule has 3 nitrogen and oxygen atoms in total. The van der Waals surface area contributed by atoms with Crippen LogP contribution in [0.2, 0.25) is 0 Å². The molecule has 0 spiro atoms. The highest BCUT2D eigenvalue weighted by Gasteiger charge is 1.98. The van der Waals surface area contributed by atoms with Gasteiger partial charge in [0.1, 0.15) is 0 Å². The van der Waals surface area contributed by atoms with E-state index in [0.717, 1.165) is 11.1 Å². The first-order valence-electron chi connectivity index (χ1n) is 4.06. The molecule has 0 atom stereocenters. The SMILES string of the molecule is Cc1ccc2c(N)ccc(=O)n2c1. The lowest BCUT2D eigenvalue weighted by atomic mass is 10.2. The fourth-order valence-corrected chi connectivity index (χ4v) is 1.35. The van der Waals surface area contributed by atoms with Gasteiger partial charge >= 0.3 is 0 Å². The molecule has 0 fully saturated rings. The number of aromatic nitrogens is 1. The number of anilines is 1. The molecule has 2 aromatic rings. The summed E-state index contributed by atoms with van der Waals surface area (Å²) in [5.74, 6) is 0. The molecule has 0 aliphatic carbocycles. The van der Waals surface area contributed by atoms with Crippen LogP contribution in [-0.2, 0) is 0 Å². The summed E-state index contributed by atoms with van der Waals surface area (Å²) in [6, 6.07) is 6.89. The molecule has 2 aromatic heterocycles. The minimum atomic E-state index is -0.0482. The third-order valence-corrected chi connectivity index (χ3v) is 2.04. The van der Waals surface area contributed by atoms with Gasteiger partial charge in [-0.05, 0) is 24.6 Å². The van der Waals surface area contributed by atoms with E-state index >= 15 is 0 Å². The molecule has 13 heavy (non-hydrogen) atoms. The Morgan fingerprint density at radius 2 is 2.00 bits per heavy atom. The summed E-state index contributed by atoms with van der Waals surface area (Å²) in [4.78, 5) is 11.4. The summed E-state index contributed by atoms with van der Waals surface area (Å²) < 4.78 is 1.56. The number of aryl methyl sites for hydroxylation is 1. The molecule has 0 amide bonds. The van der Waals surface area contributed by atoms with Crippen LogP contribution < -0.4 is 11.3 Å². The molecule has 0 aliphatic heterocycles. The van der Waals surface area contributed by atoms with Crippen molar-refractivity contribution in [2.24, 2.45) is 0 Å². The van der Waals surface area contributed by atoms with E-state index in [1.54, 1.807) is 16.7 Å². The topological polar surface area (TPSA) is 47.5 Å². The number of hydrogen-bond acceptors (Lipinski definition) is 2. The molecule has 0 saturated carbocycles. The van der Waals surface area contributed by atoms with Crippen molar-refractivity contribution in [3.8, 4) is 0 Å². The average Bonchev–Trinajstić information content (AvgIpc) is 2.12. The Morgan fingerprint density at radius 3 is 2.77 bits per heavy atom. The number of hydrogen-bond donors (Lipinski definition) is 1. The predicted octanol–water partition coefficient (Wildman–Crippen LogP) is 1.19. The molecule has 0 bridgehead atoms. The van der Waals surface area contributed by atoms with Crippen LogP contribution >= 0.6 is 0 Å². The Morgan fingerprint density at radius 1 is 1.23 bits per heavy atom. The van der Waals surface area contributed by atoms with Crippen LogP contribution in [0.3, 0.4) is 0 Å². The Balaban J connectivity index is 3.01. The van der Waals surface area contributed by atoms with E-state index in [1.807, 2.05) is 19.1 Å². The average molecular weight is 174 g/mol. The molecule has 0 aromatic carbocycles. The third-order valence-electron chi connectivity index (χ3n) is 2.04. The van der Waals surface area contributed by atoms with E-state index in [0.29, 0.717) is 5.69 Å². The van der Waals surface area contributed by atoms with Gasteiger partial charge in [-0.2, -0.15) is 0 Å². The Labute approximate surface area is 75.4 Å². The van der Waals surface area contributed by atoms with Crippen molar-refractivity contribution in [3.05, 3.63) is 46.4 Å². The Kier molecular flexibility index (Phi) is 1.59. The summed E-state index contributed by atoms with van der Waals surface area (Å²) in [5.41, 5.74) is 8.10. The van der Waals surface area contributed by atoms with E-state index < -0.39 is 0 Å². The van der Waals surface area contributed by atoms with Crippen molar-refractivity contribution in [1.29, 1.82) is 0 Å². The lowest BCUT2D eigenvalue weighted by molar-refractivity contribution is 1.08. The van der Waals surface area contributed by atoms with Crippen molar-refractivity contribution in [2.75, 3.05) is 5.73 Å². The van der Waals surface area contributed by atoms with Gasteiger partial charge in [0.25, 0.3) is 5.56 Å². The van der Waals surface area contributed by atoms with Gasteiger partial charge < -0.3 is 5.73 Å². The molecule has 3 heteroatoms. The fraction of sp³-hybridized carbons (Fsp3) is 0.100. The second-order valence-electron chi connectivity index (χ2n) is 3.09. The van der Waals surface area contributed by atoms with Crippen LogP contribution in [0.1, 0.15) is 5.56 Å². The molecule has 0 saturated heterocycles. The fourth-order valence-electron chi connectivity index (χ4n) is 1.35. The van der Waals surface area contributed by atoms with E-state index in [4.69, 9.17) is 5.73 Å². The van der Waals surface area contributed by atoms with E-state index in [2.05, 4.69) is 0 Å². The first-order chi connectivity index (χ1) is 6.18. The molecule has 0 aliphatic rings. The number of nitrogens with two attached hydrogens (primary N) is 1. The molecule has 2 rings (SSSR count). The van der Waals surface area contributed by atoms with Crippen molar-refractivity contribution in [1.82, 2.24) is 4.40 Å². The zero-order chi connectivity index (χ0) is 9.42. The number of nitrogens with zero attached hydrogens (tertiary/aromatic N) is 1. The zero-order valence-corrected chi connectivity index (χ0v) is 7.32. The van der Waals surface area contributed by atoms with Crippen molar-refractivity contribution in [2.45, 2.75) is 6.92 Å². The van der Waals surface area contributed by atoms with Gasteiger partial charge in [0.15, 0.2) is 0 Å². The number of pyridine rings is 2. The highest BCUT2D eigenvalue weighted by Crippen LogP contribution is 2.10. The van der Waals surface area contributed by atoms with Gasteiger partial charge in [-0.1, -0.05) is 6.07 Å². The molecule has 2 heterocycles. The van der Waals surface area contributed by atoms with Crippen LogP contribution in [0, 0.1) is 6.92 Å². The molecular formula is C10H10N2O. The first-order valence-corrected chi connectivity index (χ1v) is 4.06. The smallest absolute Gasteiger partial charge is 0.255 e. The number of fused-ring (bicyclic) bond motifs is 1. The zero-order valence-electron chi connectivity index (χ0n) is 7.32. The quantitative estimate of drug-likeness (QED) is 0.652. The largest absolute Gasteiger partial charge is 0.397 e. The maximum Gasteiger partial charge on any atom is 0.255 e. The van der Waals surface area contributed by atoms with Gasteiger partial charge in [0.05, 0.1) is 11.2 Å². The minimum absolute atomic E-state index is 0.0482. The van der Waals surface area contributed by atoms with Gasteiger partial charge in [-0.25, -0.2) is 0 Å². The van der Waals surface area contributed by atoms with E-state index in [9.17, 15) is 4.79 Å². The van der Waals surface area contributed by atoms with E-state index in [1.165, 1.54) is 6.07 Å². The number of rotatable bonds is 0. The molecule has 0 radical (unpaired) electrons. The van der Waals surface area contributed by atoms with Crippen LogP contribution in [0.4, 0.5) is 5.69 Å². The normalized spacial score (nSPS) is 10.5. The maximum atomic E-state index is 11.4. The van der Waals surface area contributed by atoms with Crippen LogP contribution in [-0.4, -0.2) is 4.40 Å². The van der Waals surface area contributed by atoms with Gasteiger partial charge in [-0.15, -0.1) is 0 Å². The van der Waals surface area contributed by atoms with Gasteiger partial charge in [0.2, 0.25) is 0 Å². The summed E-state index contributed by atoms with van der Waals surface area (Å²) in [5, 5.41) is 0. The highest BCUT2D eigenvalue weighted by molar-refractivity contribution is 5.68. The standard InChI is InChI=1S/C10H10N2O/c1-7-2-4-9-8(11)3-5-10(13)12(9)6-7/h2-6H,11H2,1H3.